The highest BCUT2D eigenvalue weighted by Gasteiger charge is 2.19. The standard InChI is InChI=1S/C19H16FN5O3/c1-11-17(22-24-25(11)14-7-5-13(20)6-8-14)19-21-18(23-28-19)12-4-9-15(26-2)16(10-12)27-3/h4-10H,1-3H3. The van der Waals surface area contributed by atoms with E-state index in [0.29, 0.717) is 40.0 Å². The normalized spacial score (nSPS) is 10.9. The van der Waals surface area contributed by atoms with Crippen LogP contribution in [0.5, 0.6) is 11.5 Å². The molecule has 28 heavy (non-hydrogen) atoms. The van der Waals surface area contributed by atoms with Crippen LogP contribution >= 0.6 is 0 Å². The SMILES string of the molecule is COc1ccc(-c2noc(-c3nnn(-c4ccc(F)cc4)c3C)n2)cc1OC. The smallest absolute Gasteiger partial charge is 0.280 e. The Kier molecular flexibility index (Phi) is 4.48. The van der Waals surface area contributed by atoms with Crippen molar-refractivity contribution in [3.05, 3.63) is 54.0 Å². The zero-order valence-corrected chi connectivity index (χ0v) is 15.4. The molecule has 4 rings (SSSR count). The third-order valence-electron chi connectivity index (χ3n) is 4.24. The lowest BCUT2D eigenvalue weighted by Gasteiger charge is -2.07. The molecule has 142 valence electrons. The highest BCUT2D eigenvalue weighted by Crippen LogP contribution is 2.32. The number of hydrogen-bond donors (Lipinski definition) is 0. The molecular formula is C19H16FN5O3. The monoisotopic (exact) mass is 381 g/mol. The summed E-state index contributed by atoms with van der Waals surface area (Å²) in [5.41, 5.74) is 2.52. The summed E-state index contributed by atoms with van der Waals surface area (Å²) >= 11 is 0. The fourth-order valence-corrected chi connectivity index (χ4v) is 2.77. The maximum Gasteiger partial charge on any atom is 0.280 e. The van der Waals surface area contributed by atoms with Gasteiger partial charge in [0.2, 0.25) is 5.82 Å². The van der Waals surface area contributed by atoms with Gasteiger partial charge in [-0.2, -0.15) is 4.98 Å². The first-order chi connectivity index (χ1) is 13.6. The summed E-state index contributed by atoms with van der Waals surface area (Å²) in [6.45, 7) is 1.82. The van der Waals surface area contributed by atoms with Crippen LogP contribution in [-0.2, 0) is 0 Å². The van der Waals surface area contributed by atoms with Gasteiger partial charge in [0.1, 0.15) is 5.82 Å². The van der Waals surface area contributed by atoms with Gasteiger partial charge in [-0.05, 0) is 49.4 Å². The van der Waals surface area contributed by atoms with Crippen molar-refractivity contribution in [2.24, 2.45) is 0 Å². The topological polar surface area (TPSA) is 88.1 Å². The van der Waals surface area contributed by atoms with Crippen LogP contribution in [0.15, 0.2) is 47.0 Å². The quantitative estimate of drug-likeness (QED) is 0.523. The number of aromatic nitrogens is 5. The van der Waals surface area contributed by atoms with Crippen molar-refractivity contribution in [2.75, 3.05) is 14.2 Å². The van der Waals surface area contributed by atoms with Crippen molar-refractivity contribution in [3.8, 4) is 40.2 Å². The van der Waals surface area contributed by atoms with Crippen LogP contribution in [0.1, 0.15) is 5.69 Å². The summed E-state index contributed by atoms with van der Waals surface area (Å²) in [5.74, 6) is 1.46. The number of ether oxygens (including phenoxy) is 2. The molecule has 0 aliphatic carbocycles. The van der Waals surface area contributed by atoms with E-state index < -0.39 is 0 Å². The van der Waals surface area contributed by atoms with Gasteiger partial charge in [0.25, 0.3) is 5.89 Å². The molecule has 4 aromatic rings. The molecular weight excluding hydrogens is 365 g/mol. The summed E-state index contributed by atoms with van der Waals surface area (Å²) in [6.07, 6.45) is 0. The molecule has 2 aromatic heterocycles. The number of hydrogen-bond acceptors (Lipinski definition) is 7. The number of benzene rings is 2. The molecule has 8 nitrogen and oxygen atoms in total. The van der Waals surface area contributed by atoms with Gasteiger partial charge in [-0.1, -0.05) is 10.4 Å². The van der Waals surface area contributed by atoms with E-state index in [0.717, 1.165) is 0 Å². The van der Waals surface area contributed by atoms with E-state index in [1.54, 1.807) is 49.2 Å². The van der Waals surface area contributed by atoms with E-state index in [2.05, 4.69) is 20.5 Å². The Morgan fingerprint density at radius 3 is 2.46 bits per heavy atom. The largest absolute Gasteiger partial charge is 0.493 e. The Morgan fingerprint density at radius 1 is 1.00 bits per heavy atom. The fraction of sp³-hybridized carbons (Fsp3) is 0.158. The van der Waals surface area contributed by atoms with E-state index in [1.807, 2.05) is 6.92 Å². The summed E-state index contributed by atoms with van der Waals surface area (Å²) in [7, 11) is 3.12. The maximum atomic E-state index is 13.1. The molecule has 0 amide bonds. The van der Waals surface area contributed by atoms with Gasteiger partial charge < -0.3 is 14.0 Å². The third kappa shape index (κ3) is 3.07. The van der Waals surface area contributed by atoms with E-state index in [-0.39, 0.29) is 11.7 Å². The maximum absolute atomic E-state index is 13.1. The van der Waals surface area contributed by atoms with Crippen LogP contribution in [0.3, 0.4) is 0 Å². The Hall–Kier alpha value is -3.75. The molecule has 0 aliphatic heterocycles. The molecule has 0 spiro atoms. The highest BCUT2D eigenvalue weighted by molar-refractivity contribution is 5.63. The van der Waals surface area contributed by atoms with Crippen molar-refractivity contribution in [1.29, 1.82) is 0 Å². The van der Waals surface area contributed by atoms with Crippen LogP contribution in [0.4, 0.5) is 4.39 Å². The first kappa shape index (κ1) is 17.7. The van der Waals surface area contributed by atoms with E-state index in [1.165, 1.54) is 12.1 Å². The van der Waals surface area contributed by atoms with Gasteiger partial charge >= 0.3 is 0 Å². The Morgan fingerprint density at radius 2 is 1.75 bits per heavy atom. The Balaban J connectivity index is 1.68. The molecule has 2 heterocycles. The van der Waals surface area contributed by atoms with Gasteiger partial charge in [0, 0.05) is 5.56 Å². The molecule has 0 radical (unpaired) electrons. The van der Waals surface area contributed by atoms with Crippen LogP contribution in [-0.4, -0.2) is 39.4 Å². The summed E-state index contributed by atoms with van der Waals surface area (Å²) in [6, 6.07) is 11.3. The van der Waals surface area contributed by atoms with Gasteiger partial charge in [-0.15, -0.1) is 5.10 Å². The van der Waals surface area contributed by atoms with Crippen LogP contribution < -0.4 is 9.47 Å². The van der Waals surface area contributed by atoms with Crippen molar-refractivity contribution < 1.29 is 18.4 Å². The molecule has 0 atom stereocenters. The van der Waals surface area contributed by atoms with Crippen molar-refractivity contribution >= 4 is 0 Å². The second-order valence-electron chi connectivity index (χ2n) is 5.90. The molecule has 0 N–H and O–H groups in total. The minimum atomic E-state index is -0.321. The zero-order valence-electron chi connectivity index (χ0n) is 15.4. The van der Waals surface area contributed by atoms with Crippen LogP contribution in [0.25, 0.3) is 28.7 Å². The molecule has 0 fully saturated rings. The molecule has 0 aliphatic rings. The number of nitrogens with zero attached hydrogens (tertiary/aromatic N) is 5. The minimum absolute atomic E-state index is 0.232. The number of methoxy groups -OCH3 is 2. The van der Waals surface area contributed by atoms with Crippen molar-refractivity contribution in [3.63, 3.8) is 0 Å². The first-order valence-corrected chi connectivity index (χ1v) is 8.35. The van der Waals surface area contributed by atoms with Crippen molar-refractivity contribution in [1.82, 2.24) is 25.1 Å². The van der Waals surface area contributed by atoms with Crippen molar-refractivity contribution in [2.45, 2.75) is 6.92 Å². The van der Waals surface area contributed by atoms with E-state index >= 15 is 0 Å². The second-order valence-corrected chi connectivity index (χ2v) is 5.90. The fourth-order valence-electron chi connectivity index (χ4n) is 2.77. The molecule has 0 saturated heterocycles. The molecule has 2 aromatic carbocycles. The predicted molar refractivity (Wildman–Crippen MR) is 97.9 cm³/mol. The molecule has 0 unspecified atom stereocenters. The van der Waals surface area contributed by atoms with Gasteiger partial charge in [-0.3, -0.25) is 0 Å². The molecule has 0 bridgehead atoms. The first-order valence-electron chi connectivity index (χ1n) is 8.35. The van der Waals surface area contributed by atoms with Crippen LogP contribution in [0.2, 0.25) is 0 Å². The predicted octanol–water partition coefficient (Wildman–Crippen LogP) is 3.45. The number of halogens is 1. The third-order valence-corrected chi connectivity index (χ3v) is 4.24. The van der Waals surface area contributed by atoms with Crippen LogP contribution in [0, 0.1) is 12.7 Å². The summed E-state index contributed by atoms with van der Waals surface area (Å²) in [4.78, 5) is 4.41. The minimum Gasteiger partial charge on any atom is -0.493 e. The summed E-state index contributed by atoms with van der Waals surface area (Å²) < 4.78 is 30.6. The van der Waals surface area contributed by atoms with Gasteiger partial charge in [0.15, 0.2) is 17.2 Å². The second kappa shape index (κ2) is 7.10. The van der Waals surface area contributed by atoms with Gasteiger partial charge in [0.05, 0.1) is 25.6 Å². The highest BCUT2D eigenvalue weighted by atomic mass is 19.1. The molecule has 9 heteroatoms. The average Bonchev–Trinajstić information content (AvgIpc) is 3.35. The Bertz CT molecular complexity index is 1120. The van der Waals surface area contributed by atoms with Gasteiger partial charge in [-0.25, -0.2) is 9.07 Å². The van der Waals surface area contributed by atoms with E-state index in [9.17, 15) is 4.39 Å². The lowest BCUT2D eigenvalue weighted by molar-refractivity contribution is 0.355. The lowest BCUT2D eigenvalue weighted by Crippen LogP contribution is -1.99. The Labute approximate surface area is 159 Å². The molecule has 0 saturated carbocycles. The summed E-state index contributed by atoms with van der Waals surface area (Å²) in [5, 5.41) is 12.3. The number of rotatable bonds is 5. The zero-order chi connectivity index (χ0) is 19.7. The average molecular weight is 381 g/mol. The van der Waals surface area contributed by atoms with E-state index in [4.69, 9.17) is 14.0 Å². The lowest BCUT2D eigenvalue weighted by atomic mass is 10.2.